The van der Waals surface area contributed by atoms with E-state index >= 15 is 0 Å². The van der Waals surface area contributed by atoms with Crippen LogP contribution in [0, 0.1) is 35.5 Å². The molecule has 2 bridgehead atoms. The Bertz CT molecular complexity index is 1120. The summed E-state index contributed by atoms with van der Waals surface area (Å²) < 4.78 is 10.9. The Morgan fingerprint density at radius 2 is 1.39 bits per heavy atom. The predicted octanol–water partition coefficient (Wildman–Crippen LogP) is 3.48. The molecular formula is C26H24N2O5. The summed E-state index contributed by atoms with van der Waals surface area (Å²) in [6.07, 6.45) is 5.38. The van der Waals surface area contributed by atoms with E-state index < -0.39 is 0 Å². The molecule has 5 aliphatic rings. The van der Waals surface area contributed by atoms with Crippen LogP contribution in [0.4, 0.5) is 5.69 Å². The number of anilines is 1. The minimum atomic E-state index is -0.385. The van der Waals surface area contributed by atoms with Crippen LogP contribution in [0.2, 0.25) is 0 Å². The number of carbonyl (C=O) groups is 3. The molecule has 1 aliphatic heterocycles. The molecule has 1 N–H and O–H groups in total. The van der Waals surface area contributed by atoms with Crippen molar-refractivity contribution >= 4 is 23.4 Å². The van der Waals surface area contributed by atoms with E-state index in [1.807, 2.05) is 12.1 Å². The molecule has 3 amide bonds. The van der Waals surface area contributed by atoms with Gasteiger partial charge in [-0.1, -0.05) is 12.2 Å². The van der Waals surface area contributed by atoms with Gasteiger partial charge in [-0.2, -0.15) is 0 Å². The summed E-state index contributed by atoms with van der Waals surface area (Å²) in [4.78, 5) is 39.8. The second kappa shape index (κ2) is 7.47. The molecule has 168 valence electrons. The van der Waals surface area contributed by atoms with Gasteiger partial charge in [0.1, 0.15) is 23.8 Å². The van der Waals surface area contributed by atoms with E-state index in [4.69, 9.17) is 9.47 Å². The van der Waals surface area contributed by atoms with Crippen molar-refractivity contribution in [3.8, 4) is 17.2 Å². The van der Waals surface area contributed by atoms with Crippen molar-refractivity contribution in [1.29, 1.82) is 0 Å². The van der Waals surface area contributed by atoms with Crippen molar-refractivity contribution in [3.63, 3.8) is 0 Å². The van der Waals surface area contributed by atoms with Gasteiger partial charge >= 0.3 is 0 Å². The molecule has 2 aromatic carbocycles. The van der Waals surface area contributed by atoms with Gasteiger partial charge in [0.25, 0.3) is 0 Å². The summed E-state index contributed by atoms with van der Waals surface area (Å²) in [6.45, 7) is -0.246. The zero-order valence-corrected chi connectivity index (χ0v) is 18.1. The molecule has 7 nitrogen and oxygen atoms in total. The lowest BCUT2D eigenvalue weighted by atomic mass is 9.63. The quantitative estimate of drug-likeness (QED) is 0.545. The Kier molecular flexibility index (Phi) is 4.54. The van der Waals surface area contributed by atoms with Crippen LogP contribution < -0.4 is 14.8 Å². The van der Waals surface area contributed by atoms with Crippen molar-refractivity contribution in [2.45, 2.75) is 6.42 Å². The van der Waals surface area contributed by atoms with E-state index in [2.05, 4.69) is 17.5 Å². The number of ether oxygens (including phenoxy) is 2. The summed E-state index contributed by atoms with van der Waals surface area (Å²) in [5.41, 5.74) is 0.571. The number of carbonyl (C=O) groups excluding carboxylic acids is 3. The number of allylic oxidation sites excluding steroid dienone is 2. The molecule has 0 spiro atoms. The van der Waals surface area contributed by atoms with Crippen LogP contribution in [0.25, 0.3) is 0 Å². The molecule has 2 saturated carbocycles. The minimum absolute atomic E-state index is 0.160. The highest BCUT2D eigenvalue weighted by molar-refractivity contribution is 6.09. The summed E-state index contributed by atoms with van der Waals surface area (Å²) in [6, 6.07) is 14.2. The van der Waals surface area contributed by atoms with Gasteiger partial charge in [0, 0.05) is 5.69 Å². The van der Waals surface area contributed by atoms with Crippen LogP contribution in [0.15, 0.2) is 60.7 Å². The standard InChI is InChI=1S/C26H24N2O5/c1-32-15-6-8-17(9-7-15)33-16-4-2-14(3-5-16)27-22(29)13-28-25(30)23-18-10-11-19(21-12-20(18)21)24(23)26(28)31/h2-11,18-21,23-24H,12-13H2,1H3,(H,27,29)/t18-,19-,20-,21+,23+,24+/m1/s1. The summed E-state index contributed by atoms with van der Waals surface area (Å²) in [5.74, 6) is 2.13. The van der Waals surface area contributed by atoms with Gasteiger partial charge in [0.05, 0.1) is 18.9 Å². The lowest BCUT2D eigenvalue weighted by Gasteiger charge is -2.37. The first kappa shape index (κ1) is 20.0. The third kappa shape index (κ3) is 3.30. The molecule has 1 saturated heterocycles. The highest BCUT2D eigenvalue weighted by Crippen LogP contribution is 2.65. The topological polar surface area (TPSA) is 84.9 Å². The van der Waals surface area contributed by atoms with Gasteiger partial charge < -0.3 is 14.8 Å². The highest BCUT2D eigenvalue weighted by Gasteiger charge is 2.67. The maximum Gasteiger partial charge on any atom is 0.244 e. The van der Waals surface area contributed by atoms with Crippen LogP contribution >= 0.6 is 0 Å². The average molecular weight is 444 g/mol. The third-order valence-corrected chi connectivity index (χ3v) is 7.49. The summed E-state index contributed by atoms with van der Waals surface area (Å²) in [7, 11) is 1.61. The molecule has 6 atom stereocenters. The van der Waals surface area contributed by atoms with E-state index in [0.29, 0.717) is 29.0 Å². The van der Waals surface area contributed by atoms with E-state index in [1.165, 1.54) is 4.90 Å². The number of nitrogens with zero attached hydrogens (tertiary/aromatic N) is 1. The van der Waals surface area contributed by atoms with Crippen LogP contribution in [-0.2, 0) is 14.4 Å². The summed E-state index contributed by atoms with van der Waals surface area (Å²) in [5, 5.41) is 2.78. The van der Waals surface area contributed by atoms with Gasteiger partial charge in [-0.15, -0.1) is 0 Å². The zero-order chi connectivity index (χ0) is 22.7. The van der Waals surface area contributed by atoms with Gasteiger partial charge in [-0.3, -0.25) is 19.3 Å². The minimum Gasteiger partial charge on any atom is -0.497 e. The largest absolute Gasteiger partial charge is 0.497 e. The van der Waals surface area contributed by atoms with Crippen molar-refractivity contribution in [2.75, 3.05) is 19.0 Å². The molecular weight excluding hydrogens is 420 g/mol. The highest BCUT2D eigenvalue weighted by atomic mass is 16.5. The number of nitrogens with one attached hydrogen (secondary N) is 1. The van der Waals surface area contributed by atoms with Crippen LogP contribution in [0.5, 0.6) is 17.2 Å². The number of likely N-dealkylation sites (tertiary alicyclic amines) is 1. The zero-order valence-electron chi connectivity index (χ0n) is 18.1. The maximum absolute atomic E-state index is 13.0. The number of hydrogen-bond donors (Lipinski definition) is 1. The molecule has 33 heavy (non-hydrogen) atoms. The van der Waals surface area contributed by atoms with E-state index in [0.717, 1.165) is 12.2 Å². The van der Waals surface area contributed by atoms with Gasteiger partial charge in [-0.25, -0.2) is 0 Å². The molecule has 0 unspecified atom stereocenters. The van der Waals surface area contributed by atoms with Crippen molar-refractivity contribution in [1.82, 2.24) is 4.90 Å². The van der Waals surface area contributed by atoms with E-state index in [1.54, 1.807) is 43.5 Å². The normalized spacial score (nSPS) is 30.6. The molecule has 7 rings (SSSR count). The maximum atomic E-state index is 13.0. The smallest absolute Gasteiger partial charge is 0.244 e. The second-order valence-electron chi connectivity index (χ2n) is 9.27. The fourth-order valence-corrected chi connectivity index (χ4v) is 5.90. The Hall–Kier alpha value is -3.61. The van der Waals surface area contributed by atoms with Crippen LogP contribution in [0.1, 0.15) is 6.42 Å². The molecule has 4 aliphatic carbocycles. The van der Waals surface area contributed by atoms with E-state index in [9.17, 15) is 14.4 Å². The number of hydrogen-bond acceptors (Lipinski definition) is 5. The Morgan fingerprint density at radius 1 is 0.879 bits per heavy atom. The fourth-order valence-electron chi connectivity index (χ4n) is 5.90. The number of imide groups is 1. The fraction of sp³-hybridized carbons (Fsp3) is 0.346. The van der Waals surface area contributed by atoms with Gasteiger partial charge in [0.2, 0.25) is 17.7 Å². The molecule has 1 heterocycles. The molecule has 0 aromatic heterocycles. The molecule has 2 aromatic rings. The van der Waals surface area contributed by atoms with Crippen molar-refractivity contribution in [3.05, 3.63) is 60.7 Å². The Balaban J connectivity index is 1.08. The van der Waals surface area contributed by atoms with Gasteiger partial charge in [-0.05, 0) is 78.6 Å². The van der Waals surface area contributed by atoms with Crippen molar-refractivity contribution < 1.29 is 23.9 Å². The van der Waals surface area contributed by atoms with Crippen LogP contribution in [-0.4, -0.2) is 36.3 Å². The van der Waals surface area contributed by atoms with E-state index in [-0.39, 0.29) is 47.9 Å². The lowest BCUT2D eigenvalue weighted by molar-refractivity contribution is -0.142. The third-order valence-electron chi connectivity index (χ3n) is 7.49. The monoisotopic (exact) mass is 444 g/mol. The summed E-state index contributed by atoms with van der Waals surface area (Å²) >= 11 is 0. The Morgan fingerprint density at radius 3 is 1.94 bits per heavy atom. The number of rotatable bonds is 6. The average Bonchev–Trinajstić information content (AvgIpc) is 3.62. The molecule has 7 heteroatoms. The number of amides is 3. The first-order chi connectivity index (χ1) is 16.0. The first-order valence-electron chi connectivity index (χ1n) is 11.3. The Labute approximate surface area is 191 Å². The SMILES string of the molecule is COc1ccc(Oc2ccc(NC(=O)CN3C(=O)[C@H]4[C@@H]5C=C[C@H]([C@@H]6C[C@H]56)[C@@H]4C3=O)cc2)cc1. The van der Waals surface area contributed by atoms with Crippen LogP contribution in [0.3, 0.4) is 0 Å². The number of benzene rings is 2. The molecule has 3 fully saturated rings. The number of methoxy groups -OCH3 is 1. The van der Waals surface area contributed by atoms with Crippen molar-refractivity contribution in [2.24, 2.45) is 35.5 Å². The predicted molar refractivity (Wildman–Crippen MR) is 120 cm³/mol. The first-order valence-corrected chi connectivity index (χ1v) is 11.3. The van der Waals surface area contributed by atoms with Gasteiger partial charge in [0.15, 0.2) is 0 Å². The lowest BCUT2D eigenvalue weighted by Crippen LogP contribution is -2.40. The molecule has 0 radical (unpaired) electrons. The second-order valence-corrected chi connectivity index (χ2v) is 9.27.